The normalized spacial score (nSPS) is 24.1. The summed E-state index contributed by atoms with van der Waals surface area (Å²) in [7, 11) is 0. The number of rotatable bonds is 3. The quantitative estimate of drug-likeness (QED) is 0.498. The third-order valence-corrected chi connectivity index (χ3v) is 4.20. The molecule has 1 aliphatic carbocycles. The van der Waals surface area contributed by atoms with Gasteiger partial charge < -0.3 is 4.74 Å². The standard InChI is InChI=1S/C16H22N2O/c17-18-16(12-7-3-1-2-4-8-12)15-11-13-9-5-6-10-14(13)19-15/h5-7,9-10,15-16,18H,1-4,8,11,17H2. The first-order chi connectivity index (χ1) is 9.38. The molecule has 0 bridgehead atoms. The van der Waals surface area contributed by atoms with E-state index in [2.05, 4.69) is 23.6 Å². The van der Waals surface area contributed by atoms with Crippen molar-refractivity contribution in [3.05, 3.63) is 41.5 Å². The van der Waals surface area contributed by atoms with Crippen LogP contribution in [0.5, 0.6) is 5.75 Å². The first kappa shape index (κ1) is 12.7. The number of nitrogens with two attached hydrogens (primary N) is 1. The molecule has 0 saturated heterocycles. The van der Waals surface area contributed by atoms with Crippen LogP contribution in [0.2, 0.25) is 0 Å². The van der Waals surface area contributed by atoms with Gasteiger partial charge in [0.15, 0.2) is 0 Å². The lowest BCUT2D eigenvalue weighted by Gasteiger charge is -2.25. The van der Waals surface area contributed by atoms with Crippen molar-refractivity contribution in [1.82, 2.24) is 5.43 Å². The van der Waals surface area contributed by atoms with E-state index in [-0.39, 0.29) is 12.1 Å². The molecule has 1 aromatic carbocycles. The number of hydrogen-bond acceptors (Lipinski definition) is 3. The average Bonchev–Trinajstić information content (AvgIpc) is 2.67. The van der Waals surface area contributed by atoms with Gasteiger partial charge in [-0.05, 0) is 37.3 Å². The Bertz CT molecular complexity index is 445. The molecule has 3 rings (SSSR count). The van der Waals surface area contributed by atoms with E-state index in [1.165, 1.54) is 36.8 Å². The molecular formula is C16H22N2O. The van der Waals surface area contributed by atoms with E-state index in [0.717, 1.165) is 18.6 Å². The molecule has 3 heteroatoms. The van der Waals surface area contributed by atoms with E-state index < -0.39 is 0 Å². The molecule has 19 heavy (non-hydrogen) atoms. The number of allylic oxidation sites excluding steroid dienone is 1. The number of fused-ring (bicyclic) bond motifs is 1. The van der Waals surface area contributed by atoms with Gasteiger partial charge in [0.25, 0.3) is 0 Å². The summed E-state index contributed by atoms with van der Waals surface area (Å²) in [5.41, 5.74) is 5.71. The van der Waals surface area contributed by atoms with E-state index >= 15 is 0 Å². The van der Waals surface area contributed by atoms with Crippen molar-refractivity contribution in [2.75, 3.05) is 0 Å². The molecule has 1 aliphatic heterocycles. The molecule has 0 saturated carbocycles. The highest BCUT2D eigenvalue weighted by molar-refractivity contribution is 5.38. The zero-order valence-corrected chi connectivity index (χ0v) is 11.3. The van der Waals surface area contributed by atoms with Crippen molar-refractivity contribution >= 4 is 0 Å². The minimum atomic E-state index is 0.131. The van der Waals surface area contributed by atoms with E-state index in [4.69, 9.17) is 10.6 Å². The first-order valence-corrected chi connectivity index (χ1v) is 7.28. The molecule has 2 atom stereocenters. The average molecular weight is 258 g/mol. The van der Waals surface area contributed by atoms with E-state index in [0.29, 0.717) is 0 Å². The topological polar surface area (TPSA) is 47.3 Å². The summed E-state index contributed by atoms with van der Waals surface area (Å²) in [4.78, 5) is 0. The summed E-state index contributed by atoms with van der Waals surface area (Å²) in [6.45, 7) is 0. The molecule has 3 nitrogen and oxygen atoms in total. The van der Waals surface area contributed by atoms with Gasteiger partial charge in [0.05, 0.1) is 6.04 Å². The molecule has 0 fully saturated rings. The number of ether oxygens (including phenoxy) is 1. The molecule has 0 radical (unpaired) electrons. The maximum atomic E-state index is 6.07. The Morgan fingerprint density at radius 3 is 2.95 bits per heavy atom. The molecule has 102 valence electrons. The SMILES string of the molecule is NNC(C1=CCCCCC1)C1Cc2ccccc2O1. The Morgan fingerprint density at radius 1 is 1.21 bits per heavy atom. The van der Waals surface area contributed by atoms with Crippen LogP contribution >= 0.6 is 0 Å². The zero-order chi connectivity index (χ0) is 13.1. The van der Waals surface area contributed by atoms with Gasteiger partial charge >= 0.3 is 0 Å². The lowest BCUT2D eigenvalue weighted by molar-refractivity contribution is 0.192. The zero-order valence-electron chi connectivity index (χ0n) is 11.3. The van der Waals surface area contributed by atoms with Gasteiger partial charge in [-0.3, -0.25) is 5.84 Å². The highest BCUT2D eigenvalue weighted by atomic mass is 16.5. The number of para-hydroxylation sites is 1. The van der Waals surface area contributed by atoms with E-state index in [1.54, 1.807) is 0 Å². The molecule has 2 unspecified atom stereocenters. The number of hydrogen-bond donors (Lipinski definition) is 2. The Kier molecular flexibility index (Phi) is 3.85. The fourth-order valence-corrected chi connectivity index (χ4v) is 3.17. The van der Waals surface area contributed by atoms with Crippen LogP contribution < -0.4 is 16.0 Å². The second-order valence-electron chi connectivity index (χ2n) is 5.49. The highest BCUT2D eigenvalue weighted by Crippen LogP contribution is 2.32. The molecule has 2 aliphatic rings. The predicted molar refractivity (Wildman–Crippen MR) is 76.8 cm³/mol. The summed E-state index contributed by atoms with van der Waals surface area (Å²) >= 11 is 0. The van der Waals surface area contributed by atoms with Crippen LogP contribution in [0.15, 0.2) is 35.9 Å². The summed E-state index contributed by atoms with van der Waals surface area (Å²) in [5.74, 6) is 6.81. The van der Waals surface area contributed by atoms with Crippen LogP contribution in [0.3, 0.4) is 0 Å². The number of nitrogens with one attached hydrogen (secondary N) is 1. The molecule has 0 spiro atoms. The number of benzene rings is 1. The van der Waals surface area contributed by atoms with Gasteiger partial charge in [0, 0.05) is 6.42 Å². The molecule has 1 aromatic rings. The largest absolute Gasteiger partial charge is 0.488 e. The van der Waals surface area contributed by atoms with Gasteiger partial charge in [-0.25, -0.2) is 5.43 Å². The monoisotopic (exact) mass is 258 g/mol. The summed E-state index contributed by atoms with van der Waals surface area (Å²) in [6.07, 6.45) is 9.65. The predicted octanol–water partition coefficient (Wildman–Crippen LogP) is 2.71. The minimum absolute atomic E-state index is 0.131. The molecule has 3 N–H and O–H groups in total. The Balaban J connectivity index is 1.75. The van der Waals surface area contributed by atoms with Crippen LogP contribution in [0.1, 0.15) is 37.7 Å². The van der Waals surface area contributed by atoms with Crippen LogP contribution in [0.4, 0.5) is 0 Å². The second-order valence-corrected chi connectivity index (χ2v) is 5.49. The van der Waals surface area contributed by atoms with Crippen molar-refractivity contribution in [2.24, 2.45) is 5.84 Å². The first-order valence-electron chi connectivity index (χ1n) is 7.28. The minimum Gasteiger partial charge on any atom is -0.488 e. The van der Waals surface area contributed by atoms with Crippen molar-refractivity contribution in [3.63, 3.8) is 0 Å². The van der Waals surface area contributed by atoms with Gasteiger partial charge in [-0.1, -0.05) is 36.3 Å². The Labute approximate surface area is 114 Å². The van der Waals surface area contributed by atoms with E-state index in [9.17, 15) is 0 Å². The van der Waals surface area contributed by atoms with Crippen LogP contribution in [0, 0.1) is 0 Å². The fraction of sp³-hybridized carbons (Fsp3) is 0.500. The molecular weight excluding hydrogens is 236 g/mol. The second kappa shape index (κ2) is 5.76. The Hall–Kier alpha value is -1.32. The Morgan fingerprint density at radius 2 is 2.11 bits per heavy atom. The van der Waals surface area contributed by atoms with Crippen molar-refractivity contribution in [2.45, 2.75) is 50.7 Å². The van der Waals surface area contributed by atoms with Crippen molar-refractivity contribution < 1.29 is 4.74 Å². The van der Waals surface area contributed by atoms with Gasteiger partial charge in [0.1, 0.15) is 11.9 Å². The van der Waals surface area contributed by atoms with Crippen LogP contribution in [0.25, 0.3) is 0 Å². The summed E-state index contributed by atoms with van der Waals surface area (Å²) in [6, 6.07) is 8.43. The van der Waals surface area contributed by atoms with Gasteiger partial charge in [-0.15, -0.1) is 0 Å². The van der Waals surface area contributed by atoms with E-state index in [1.807, 2.05) is 12.1 Å². The third kappa shape index (κ3) is 2.67. The summed E-state index contributed by atoms with van der Waals surface area (Å²) in [5, 5.41) is 0. The van der Waals surface area contributed by atoms with Crippen molar-refractivity contribution in [1.29, 1.82) is 0 Å². The van der Waals surface area contributed by atoms with Gasteiger partial charge in [-0.2, -0.15) is 0 Å². The van der Waals surface area contributed by atoms with Gasteiger partial charge in [0.2, 0.25) is 0 Å². The smallest absolute Gasteiger partial charge is 0.123 e. The molecule has 1 heterocycles. The molecule has 0 amide bonds. The maximum Gasteiger partial charge on any atom is 0.123 e. The van der Waals surface area contributed by atoms with Crippen molar-refractivity contribution in [3.8, 4) is 5.75 Å². The van der Waals surface area contributed by atoms with Crippen LogP contribution in [-0.4, -0.2) is 12.1 Å². The maximum absolute atomic E-state index is 6.07. The fourth-order valence-electron chi connectivity index (χ4n) is 3.17. The number of hydrazine groups is 1. The lowest BCUT2D eigenvalue weighted by Crippen LogP contribution is -2.47. The highest BCUT2D eigenvalue weighted by Gasteiger charge is 2.31. The summed E-state index contributed by atoms with van der Waals surface area (Å²) < 4.78 is 6.07. The van der Waals surface area contributed by atoms with Crippen LogP contribution in [-0.2, 0) is 6.42 Å². The lowest BCUT2D eigenvalue weighted by atomic mass is 9.95. The third-order valence-electron chi connectivity index (χ3n) is 4.20. The molecule has 0 aromatic heterocycles.